The number of carbonyl (C=O) groups excluding carboxylic acids is 1. The van der Waals surface area contributed by atoms with E-state index in [1.807, 2.05) is 0 Å². The fourth-order valence-electron chi connectivity index (χ4n) is 1.18. The molecule has 1 aromatic carbocycles. The third-order valence-electron chi connectivity index (χ3n) is 2.13. The van der Waals surface area contributed by atoms with E-state index in [2.05, 4.69) is 0 Å². The molecule has 0 heterocycles. The molecular weight excluding hydrogens is 248 g/mol. The number of rotatable bonds is 2. The average molecular weight is 255 g/mol. The average Bonchev–Trinajstić information content (AvgIpc) is 2.15. The van der Waals surface area contributed by atoms with Gasteiger partial charge in [-0.15, -0.1) is 0 Å². The Kier molecular flexibility index (Phi) is 3.57. The fraction of sp³-hybridized carbons (Fsp3) is 0.300. The number of benzene rings is 1. The second kappa shape index (κ2) is 4.41. The summed E-state index contributed by atoms with van der Waals surface area (Å²) < 4.78 is 49.9. The van der Waals surface area contributed by atoms with Gasteiger partial charge in [-0.2, -0.15) is 13.2 Å². The second-order valence-corrected chi connectivity index (χ2v) is 3.63. The lowest BCUT2D eigenvalue weighted by molar-refractivity contribution is -0.137. The summed E-state index contributed by atoms with van der Waals surface area (Å²) in [6.45, 7) is 1.32. The van der Waals surface area contributed by atoms with Crippen molar-refractivity contribution in [2.75, 3.05) is 0 Å². The molecule has 0 aromatic heterocycles. The smallest absolute Gasteiger partial charge is 0.281 e. The van der Waals surface area contributed by atoms with Crippen molar-refractivity contribution in [2.24, 2.45) is 0 Å². The molecule has 0 aliphatic carbocycles. The first-order chi connectivity index (χ1) is 7.23. The Bertz CT molecular complexity index is 414. The molecule has 0 aliphatic rings. The lowest BCUT2D eigenvalue weighted by Gasteiger charge is -2.11. The summed E-state index contributed by atoms with van der Waals surface area (Å²) in [5, 5.41) is -0.821. The van der Waals surface area contributed by atoms with Gasteiger partial charge < -0.3 is 0 Å². The monoisotopic (exact) mass is 254 g/mol. The minimum Gasteiger partial charge on any atom is -0.281 e. The molecule has 0 radical (unpaired) electrons. The molecular formula is C10H7ClF4O. The molecule has 0 fully saturated rings. The molecule has 1 aromatic rings. The minimum absolute atomic E-state index is 0.145. The maximum atomic E-state index is 13.3. The third kappa shape index (κ3) is 2.72. The molecule has 0 amide bonds. The molecule has 88 valence electrons. The molecule has 0 bridgehead atoms. The molecule has 16 heavy (non-hydrogen) atoms. The van der Waals surface area contributed by atoms with Crippen molar-refractivity contribution in [2.45, 2.75) is 19.0 Å². The highest BCUT2D eigenvalue weighted by molar-refractivity contribution is 6.64. The van der Waals surface area contributed by atoms with Crippen molar-refractivity contribution in [3.63, 3.8) is 0 Å². The van der Waals surface area contributed by atoms with Gasteiger partial charge in [-0.1, -0.05) is 13.0 Å². The number of hydrogen-bond donors (Lipinski definition) is 0. The Balaban J connectivity index is 3.15. The van der Waals surface area contributed by atoms with E-state index in [0.717, 1.165) is 12.1 Å². The van der Waals surface area contributed by atoms with Crippen LogP contribution in [0.2, 0.25) is 0 Å². The first-order valence-electron chi connectivity index (χ1n) is 4.29. The van der Waals surface area contributed by atoms with E-state index in [1.54, 1.807) is 0 Å². The van der Waals surface area contributed by atoms with E-state index in [-0.39, 0.29) is 5.56 Å². The van der Waals surface area contributed by atoms with Gasteiger partial charge in [0.2, 0.25) is 5.24 Å². The summed E-state index contributed by atoms with van der Waals surface area (Å²) in [6, 6.07) is 1.99. The Hall–Kier alpha value is -1.10. The van der Waals surface area contributed by atoms with Crippen LogP contribution in [-0.4, -0.2) is 5.24 Å². The van der Waals surface area contributed by atoms with Crippen LogP contribution in [-0.2, 0) is 11.0 Å². The van der Waals surface area contributed by atoms with E-state index in [9.17, 15) is 22.4 Å². The van der Waals surface area contributed by atoms with Crippen molar-refractivity contribution in [3.8, 4) is 0 Å². The van der Waals surface area contributed by atoms with Gasteiger partial charge in [0.15, 0.2) is 0 Å². The third-order valence-corrected chi connectivity index (χ3v) is 2.46. The molecule has 1 nitrogen and oxygen atoms in total. The predicted molar refractivity (Wildman–Crippen MR) is 50.7 cm³/mol. The summed E-state index contributed by atoms with van der Waals surface area (Å²) in [5.41, 5.74) is -1.24. The van der Waals surface area contributed by atoms with Gasteiger partial charge in [-0.25, -0.2) is 4.39 Å². The zero-order valence-electron chi connectivity index (χ0n) is 8.11. The number of halogens is 5. The second-order valence-electron chi connectivity index (χ2n) is 3.26. The fourth-order valence-corrected chi connectivity index (χ4v) is 1.29. The molecule has 1 unspecified atom stereocenters. The van der Waals surface area contributed by atoms with Crippen LogP contribution in [0.5, 0.6) is 0 Å². The van der Waals surface area contributed by atoms with Crippen molar-refractivity contribution >= 4 is 16.8 Å². The van der Waals surface area contributed by atoms with E-state index in [0.29, 0.717) is 6.07 Å². The van der Waals surface area contributed by atoms with Crippen molar-refractivity contribution in [1.82, 2.24) is 0 Å². The van der Waals surface area contributed by atoms with Gasteiger partial charge in [0.05, 0.1) is 11.5 Å². The Morgan fingerprint density at radius 1 is 1.38 bits per heavy atom. The van der Waals surface area contributed by atoms with Crippen LogP contribution >= 0.6 is 11.6 Å². The normalized spacial score (nSPS) is 13.6. The molecule has 0 N–H and O–H groups in total. The predicted octanol–water partition coefficient (Wildman–Crippen LogP) is 3.71. The quantitative estimate of drug-likeness (QED) is 0.581. The zero-order chi connectivity index (χ0) is 12.5. The first kappa shape index (κ1) is 13.0. The maximum absolute atomic E-state index is 13.3. The van der Waals surface area contributed by atoms with Gasteiger partial charge in [-0.3, -0.25) is 4.79 Å². The molecule has 6 heteroatoms. The summed E-state index contributed by atoms with van der Waals surface area (Å²) in [7, 11) is 0. The van der Waals surface area contributed by atoms with Gasteiger partial charge >= 0.3 is 6.18 Å². The zero-order valence-corrected chi connectivity index (χ0v) is 8.86. The van der Waals surface area contributed by atoms with Crippen LogP contribution in [0.1, 0.15) is 24.0 Å². The minimum atomic E-state index is -4.60. The standard InChI is InChI=1S/C10H7ClF4O/c1-5(9(11)16)7-3-2-6(4-8(7)12)10(13,14)15/h2-5H,1H3. The van der Waals surface area contributed by atoms with E-state index in [4.69, 9.17) is 11.6 Å². The lowest BCUT2D eigenvalue weighted by Crippen LogP contribution is -2.09. The Labute approximate surface area is 94.0 Å². The van der Waals surface area contributed by atoms with Crippen LogP contribution in [0, 0.1) is 5.82 Å². The van der Waals surface area contributed by atoms with E-state index in [1.165, 1.54) is 6.92 Å². The van der Waals surface area contributed by atoms with Gasteiger partial charge in [0.1, 0.15) is 5.82 Å². The Morgan fingerprint density at radius 2 is 1.94 bits per heavy atom. The van der Waals surface area contributed by atoms with E-state index >= 15 is 0 Å². The van der Waals surface area contributed by atoms with Crippen LogP contribution in [0.3, 0.4) is 0 Å². The van der Waals surface area contributed by atoms with Gasteiger partial charge in [0.25, 0.3) is 0 Å². The molecule has 1 atom stereocenters. The molecule has 0 saturated heterocycles. The topological polar surface area (TPSA) is 17.1 Å². The van der Waals surface area contributed by atoms with E-state index < -0.39 is 28.7 Å². The van der Waals surface area contributed by atoms with Gasteiger partial charge in [-0.05, 0) is 29.3 Å². The number of hydrogen-bond acceptors (Lipinski definition) is 1. The summed E-state index contributed by atoms with van der Waals surface area (Å²) >= 11 is 5.14. The summed E-state index contributed by atoms with van der Waals surface area (Å²) in [5.74, 6) is -2.06. The maximum Gasteiger partial charge on any atom is 0.416 e. The summed E-state index contributed by atoms with van der Waals surface area (Å²) in [6.07, 6.45) is -4.60. The first-order valence-corrected chi connectivity index (χ1v) is 4.67. The molecule has 0 aliphatic heterocycles. The van der Waals surface area contributed by atoms with Crippen LogP contribution in [0.25, 0.3) is 0 Å². The Morgan fingerprint density at radius 3 is 2.31 bits per heavy atom. The highest BCUT2D eigenvalue weighted by atomic mass is 35.5. The highest BCUT2D eigenvalue weighted by Gasteiger charge is 2.31. The largest absolute Gasteiger partial charge is 0.416 e. The summed E-state index contributed by atoms with van der Waals surface area (Å²) in [4.78, 5) is 10.8. The van der Waals surface area contributed by atoms with Crippen molar-refractivity contribution < 1.29 is 22.4 Å². The lowest BCUT2D eigenvalue weighted by atomic mass is 10.00. The number of carbonyl (C=O) groups is 1. The molecule has 0 saturated carbocycles. The molecule has 0 spiro atoms. The van der Waals surface area contributed by atoms with Crippen molar-refractivity contribution in [3.05, 3.63) is 35.1 Å². The van der Waals surface area contributed by atoms with Crippen LogP contribution < -0.4 is 0 Å². The van der Waals surface area contributed by atoms with Gasteiger partial charge in [0, 0.05) is 0 Å². The van der Waals surface area contributed by atoms with Crippen LogP contribution in [0.4, 0.5) is 17.6 Å². The SMILES string of the molecule is CC(C(=O)Cl)c1ccc(C(F)(F)F)cc1F. The molecule has 1 rings (SSSR count). The van der Waals surface area contributed by atoms with Crippen LogP contribution in [0.15, 0.2) is 18.2 Å². The number of alkyl halides is 3. The van der Waals surface area contributed by atoms with Crippen molar-refractivity contribution in [1.29, 1.82) is 0 Å². The highest BCUT2D eigenvalue weighted by Crippen LogP contribution is 2.32.